The van der Waals surface area contributed by atoms with Crippen LogP contribution in [0.15, 0.2) is 100 Å². The van der Waals surface area contributed by atoms with Crippen LogP contribution in [0.4, 0.5) is 0 Å². The maximum absolute atomic E-state index is 13.7. The largest absolute Gasteiger partial charge is 0.486 e. The van der Waals surface area contributed by atoms with Crippen molar-refractivity contribution in [3.05, 3.63) is 123 Å². The molecule has 4 aromatic carbocycles. The fourth-order valence-corrected chi connectivity index (χ4v) is 5.15. The Balaban J connectivity index is 1.42. The number of benzene rings is 4. The lowest BCUT2D eigenvalue weighted by molar-refractivity contribution is 0.0581. The molecular weight excluding hydrogens is 574 g/mol. The number of carbonyl (C=O) groups excluding carboxylic acids is 1. The number of nitrogens with zero attached hydrogens (tertiary/aromatic N) is 1. The molecule has 0 radical (unpaired) electrons. The molecule has 0 fully saturated rings. The molecule has 5 aromatic rings. The third-order valence-electron chi connectivity index (χ3n) is 6.79. The van der Waals surface area contributed by atoms with Crippen molar-refractivity contribution < 1.29 is 23.7 Å². The van der Waals surface area contributed by atoms with Gasteiger partial charge in [0.1, 0.15) is 6.61 Å². The number of hydrogen-bond donors (Lipinski definition) is 0. The first-order valence-electron chi connectivity index (χ1n) is 12.6. The molecule has 0 N–H and O–H groups in total. The smallest absolute Gasteiger partial charge is 0.358 e. The molecule has 0 spiro atoms. The standard InChI is InChI=1S/C32H24BrNO6/c1-37-32(36)29-30(38-18-20-7-10-23(11-8-20)22-5-3-2-4-6-22)26-16-24(33)12-13-25(26)31(35)34(29)17-21-9-14-27-28(15-21)40-19-39-27/h2-16H,17-19H2,1H3. The summed E-state index contributed by atoms with van der Waals surface area (Å²) < 4.78 is 24.6. The molecule has 1 aliphatic heterocycles. The Hall–Kier alpha value is -4.56. The second-order valence-electron chi connectivity index (χ2n) is 9.29. The second-order valence-corrected chi connectivity index (χ2v) is 10.2. The van der Waals surface area contributed by atoms with Crippen LogP contribution in [0.3, 0.4) is 0 Å². The summed E-state index contributed by atoms with van der Waals surface area (Å²) in [5.41, 5.74) is 3.58. The van der Waals surface area contributed by atoms with E-state index in [4.69, 9.17) is 18.9 Å². The van der Waals surface area contributed by atoms with Crippen LogP contribution in [0.2, 0.25) is 0 Å². The number of ether oxygens (including phenoxy) is 4. The monoisotopic (exact) mass is 597 g/mol. The molecule has 0 aliphatic carbocycles. The predicted octanol–water partition coefficient (Wildman–Crippen LogP) is 6.57. The van der Waals surface area contributed by atoms with Gasteiger partial charge in [0.2, 0.25) is 6.79 Å². The summed E-state index contributed by atoms with van der Waals surface area (Å²) in [5.74, 6) is 0.824. The Labute approximate surface area is 238 Å². The number of rotatable bonds is 7. The Morgan fingerprint density at radius 3 is 2.35 bits per heavy atom. The van der Waals surface area contributed by atoms with Gasteiger partial charge in [-0.2, -0.15) is 0 Å². The molecule has 0 unspecified atom stereocenters. The predicted molar refractivity (Wildman–Crippen MR) is 155 cm³/mol. The lowest BCUT2D eigenvalue weighted by Gasteiger charge is -2.19. The van der Waals surface area contributed by atoms with Crippen molar-refractivity contribution in [3.63, 3.8) is 0 Å². The summed E-state index contributed by atoms with van der Waals surface area (Å²) in [7, 11) is 1.29. The first-order chi connectivity index (χ1) is 19.5. The number of halogens is 1. The Kier molecular flexibility index (Phi) is 7.00. The molecule has 0 bridgehead atoms. The molecule has 8 heteroatoms. The molecule has 0 atom stereocenters. The van der Waals surface area contributed by atoms with Gasteiger partial charge in [-0.05, 0) is 52.6 Å². The van der Waals surface area contributed by atoms with Crippen molar-refractivity contribution in [3.8, 4) is 28.4 Å². The summed E-state index contributed by atoms with van der Waals surface area (Å²) in [6.45, 7) is 0.429. The molecule has 200 valence electrons. The highest BCUT2D eigenvalue weighted by molar-refractivity contribution is 9.10. The Bertz CT molecular complexity index is 1780. The number of fused-ring (bicyclic) bond motifs is 2. The zero-order valence-electron chi connectivity index (χ0n) is 21.6. The molecular formula is C32H24BrNO6. The van der Waals surface area contributed by atoms with Crippen molar-refractivity contribution in [2.45, 2.75) is 13.2 Å². The first kappa shape index (κ1) is 25.7. The third kappa shape index (κ3) is 4.94. The number of methoxy groups -OCH3 is 1. The summed E-state index contributed by atoms with van der Waals surface area (Å²) in [6.07, 6.45) is 0. The van der Waals surface area contributed by atoms with E-state index in [2.05, 4.69) is 28.1 Å². The Morgan fingerprint density at radius 1 is 0.850 bits per heavy atom. The van der Waals surface area contributed by atoms with Crippen molar-refractivity contribution in [1.82, 2.24) is 4.57 Å². The van der Waals surface area contributed by atoms with Crippen LogP contribution in [0.5, 0.6) is 17.2 Å². The topological polar surface area (TPSA) is 76.0 Å². The van der Waals surface area contributed by atoms with Gasteiger partial charge in [0, 0.05) is 9.86 Å². The van der Waals surface area contributed by atoms with Gasteiger partial charge in [0.05, 0.1) is 19.0 Å². The summed E-state index contributed by atoms with van der Waals surface area (Å²) in [5, 5.41) is 0.939. The number of hydrogen-bond acceptors (Lipinski definition) is 6. The van der Waals surface area contributed by atoms with Crippen LogP contribution >= 0.6 is 15.9 Å². The number of carbonyl (C=O) groups is 1. The average Bonchev–Trinajstić information content (AvgIpc) is 3.46. The molecule has 40 heavy (non-hydrogen) atoms. The maximum Gasteiger partial charge on any atom is 0.358 e. The fourth-order valence-electron chi connectivity index (χ4n) is 4.79. The summed E-state index contributed by atoms with van der Waals surface area (Å²) in [4.78, 5) is 27.0. The van der Waals surface area contributed by atoms with Gasteiger partial charge in [-0.1, -0.05) is 76.6 Å². The van der Waals surface area contributed by atoms with Gasteiger partial charge in [-0.25, -0.2) is 4.79 Å². The van der Waals surface area contributed by atoms with E-state index in [1.165, 1.54) is 11.7 Å². The van der Waals surface area contributed by atoms with Crippen LogP contribution in [0, 0.1) is 0 Å². The molecule has 6 rings (SSSR count). The highest BCUT2D eigenvalue weighted by Gasteiger charge is 2.25. The van der Waals surface area contributed by atoms with E-state index in [1.54, 1.807) is 30.3 Å². The third-order valence-corrected chi connectivity index (χ3v) is 7.28. The molecule has 0 amide bonds. The molecule has 1 aromatic heterocycles. The van der Waals surface area contributed by atoms with Crippen molar-refractivity contribution >= 4 is 32.7 Å². The zero-order chi connectivity index (χ0) is 27.6. The van der Waals surface area contributed by atoms with Gasteiger partial charge in [0.15, 0.2) is 22.9 Å². The minimum atomic E-state index is -0.672. The Morgan fingerprint density at radius 2 is 1.57 bits per heavy atom. The van der Waals surface area contributed by atoms with E-state index < -0.39 is 5.97 Å². The quantitative estimate of drug-likeness (QED) is 0.197. The fraction of sp³-hybridized carbons (Fsp3) is 0.125. The minimum absolute atomic E-state index is 0.0386. The van der Waals surface area contributed by atoms with Gasteiger partial charge in [-0.15, -0.1) is 0 Å². The lowest BCUT2D eigenvalue weighted by atomic mass is 10.0. The van der Waals surface area contributed by atoms with Gasteiger partial charge >= 0.3 is 5.97 Å². The van der Waals surface area contributed by atoms with Crippen molar-refractivity contribution in [2.24, 2.45) is 0 Å². The van der Waals surface area contributed by atoms with E-state index in [0.717, 1.165) is 26.7 Å². The van der Waals surface area contributed by atoms with E-state index in [0.29, 0.717) is 22.3 Å². The minimum Gasteiger partial charge on any atom is -0.486 e. The van der Waals surface area contributed by atoms with Crippen LogP contribution < -0.4 is 19.8 Å². The van der Waals surface area contributed by atoms with Gasteiger partial charge in [-0.3, -0.25) is 9.36 Å². The highest BCUT2D eigenvalue weighted by atomic mass is 79.9. The molecule has 0 saturated heterocycles. The summed E-state index contributed by atoms with van der Waals surface area (Å²) in [6, 6.07) is 28.9. The normalized spacial score (nSPS) is 11.9. The average molecular weight is 598 g/mol. The van der Waals surface area contributed by atoms with E-state index in [1.807, 2.05) is 48.5 Å². The van der Waals surface area contributed by atoms with Crippen molar-refractivity contribution in [1.29, 1.82) is 0 Å². The van der Waals surface area contributed by atoms with Crippen LogP contribution in [0.1, 0.15) is 21.6 Å². The van der Waals surface area contributed by atoms with Gasteiger partial charge < -0.3 is 18.9 Å². The van der Waals surface area contributed by atoms with Crippen LogP contribution in [-0.2, 0) is 17.9 Å². The summed E-state index contributed by atoms with van der Waals surface area (Å²) >= 11 is 3.49. The van der Waals surface area contributed by atoms with Crippen LogP contribution in [-0.4, -0.2) is 24.4 Å². The lowest BCUT2D eigenvalue weighted by Crippen LogP contribution is -2.28. The van der Waals surface area contributed by atoms with Crippen LogP contribution in [0.25, 0.3) is 21.9 Å². The first-order valence-corrected chi connectivity index (χ1v) is 13.4. The van der Waals surface area contributed by atoms with E-state index in [9.17, 15) is 9.59 Å². The molecule has 0 saturated carbocycles. The SMILES string of the molecule is COC(=O)c1c(OCc2ccc(-c3ccccc3)cc2)c2cc(Br)ccc2c(=O)n1Cc1ccc2c(c1)OCO2. The number of pyridine rings is 1. The maximum atomic E-state index is 13.7. The molecule has 2 heterocycles. The second kappa shape index (κ2) is 10.9. The zero-order valence-corrected chi connectivity index (χ0v) is 23.1. The molecule has 7 nitrogen and oxygen atoms in total. The van der Waals surface area contributed by atoms with E-state index in [-0.39, 0.29) is 36.9 Å². The number of aromatic nitrogens is 1. The number of esters is 1. The highest BCUT2D eigenvalue weighted by Crippen LogP contribution is 2.35. The van der Waals surface area contributed by atoms with Crippen molar-refractivity contribution in [2.75, 3.05) is 13.9 Å². The van der Waals surface area contributed by atoms with E-state index >= 15 is 0 Å². The molecule has 1 aliphatic rings. The van der Waals surface area contributed by atoms with Gasteiger partial charge in [0.25, 0.3) is 5.56 Å².